The van der Waals surface area contributed by atoms with Crippen molar-refractivity contribution in [3.05, 3.63) is 35.4 Å². The van der Waals surface area contributed by atoms with E-state index in [4.69, 9.17) is 0 Å². The first-order valence-electron chi connectivity index (χ1n) is 8.30. The Morgan fingerprint density at radius 1 is 1.00 bits per heavy atom. The number of hydrogen-bond acceptors (Lipinski definition) is 3. The lowest BCUT2D eigenvalue weighted by atomic mass is 9.92. The molecule has 0 aromatic heterocycles. The van der Waals surface area contributed by atoms with Crippen molar-refractivity contribution in [3.8, 4) is 0 Å². The van der Waals surface area contributed by atoms with Crippen LogP contribution >= 0.6 is 0 Å². The molecule has 0 spiro atoms. The fourth-order valence-corrected chi connectivity index (χ4v) is 3.50. The Bertz CT molecular complexity index is 527. The van der Waals surface area contributed by atoms with Crippen LogP contribution in [0.4, 0.5) is 0 Å². The van der Waals surface area contributed by atoms with Gasteiger partial charge in [0, 0.05) is 6.54 Å². The predicted molar refractivity (Wildman–Crippen MR) is 85.9 cm³/mol. The molecule has 4 heteroatoms. The van der Waals surface area contributed by atoms with E-state index in [1.807, 2.05) is 12.1 Å². The minimum Gasteiger partial charge on any atom is -0.306 e. The highest BCUT2D eigenvalue weighted by atomic mass is 16.2. The van der Waals surface area contributed by atoms with Crippen LogP contribution in [-0.2, 0) is 0 Å². The molecule has 0 atom stereocenters. The molecule has 0 N–H and O–H groups in total. The van der Waals surface area contributed by atoms with Crippen molar-refractivity contribution in [3.63, 3.8) is 0 Å². The van der Waals surface area contributed by atoms with Crippen LogP contribution in [0.2, 0.25) is 0 Å². The highest BCUT2D eigenvalue weighted by Crippen LogP contribution is 2.24. The summed E-state index contributed by atoms with van der Waals surface area (Å²) < 4.78 is 0. The van der Waals surface area contributed by atoms with Gasteiger partial charge in [0.25, 0.3) is 11.8 Å². The lowest BCUT2D eigenvalue weighted by Crippen LogP contribution is -2.31. The van der Waals surface area contributed by atoms with Crippen LogP contribution in [-0.4, -0.2) is 48.3 Å². The fraction of sp³-hybridized carbons (Fsp3) is 0.556. The molecule has 2 aliphatic heterocycles. The van der Waals surface area contributed by atoms with E-state index in [0.29, 0.717) is 17.7 Å². The van der Waals surface area contributed by atoms with Crippen LogP contribution in [0.15, 0.2) is 24.3 Å². The number of nitrogens with zero attached hydrogens (tertiary/aromatic N) is 2. The van der Waals surface area contributed by atoms with Crippen LogP contribution in [0.25, 0.3) is 0 Å². The number of amides is 2. The predicted octanol–water partition coefficient (Wildman–Crippen LogP) is 2.79. The van der Waals surface area contributed by atoms with E-state index < -0.39 is 0 Å². The standard InChI is InChI=1S/C18H24N2O2/c1-19-12-9-14(10-13-19)6-4-5-11-20-17(21)15-7-2-3-8-16(15)18(20)22/h2-3,7-8,14H,4-6,9-13H2,1H3. The van der Waals surface area contributed by atoms with Gasteiger partial charge < -0.3 is 4.90 Å². The second kappa shape index (κ2) is 6.61. The highest BCUT2D eigenvalue weighted by molar-refractivity contribution is 6.21. The largest absolute Gasteiger partial charge is 0.306 e. The van der Waals surface area contributed by atoms with Crippen LogP contribution in [0.1, 0.15) is 52.8 Å². The monoisotopic (exact) mass is 300 g/mol. The maximum atomic E-state index is 12.2. The molecule has 4 nitrogen and oxygen atoms in total. The molecule has 1 saturated heterocycles. The number of benzene rings is 1. The fourth-order valence-electron chi connectivity index (χ4n) is 3.50. The van der Waals surface area contributed by atoms with Crippen molar-refractivity contribution < 1.29 is 9.59 Å². The van der Waals surface area contributed by atoms with Gasteiger partial charge in [0.2, 0.25) is 0 Å². The zero-order chi connectivity index (χ0) is 15.5. The molecule has 22 heavy (non-hydrogen) atoms. The van der Waals surface area contributed by atoms with Crippen LogP contribution in [0.3, 0.4) is 0 Å². The number of fused-ring (bicyclic) bond motifs is 1. The summed E-state index contributed by atoms with van der Waals surface area (Å²) in [6.07, 6.45) is 5.80. The van der Waals surface area contributed by atoms with Gasteiger partial charge in [-0.15, -0.1) is 0 Å². The normalized spacial score (nSPS) is 19.8. The Kier molecular flexibility index (Phi) is 4.57. The number of rotatable bonds is 5. The van der Waals surface area contributed by atoms with Crippen molar-refractivity contribution in [1.82, 2.24) is 9.80 Å². The summed E-state index contributed by atoms with van der Waals surface area (Å²) >= 11 is 0. The number of unbranched alkanes of at least 4 members (excludes halogenated alkanes) is 1. The Hall–Kier alpha value is -1.68. The van der Waals surface area contributed by atoms with Crippen molar-refractivity contribution >= 4 is 11.8 Å². The average Bonchev–Trinajstić information content (AvgIpc) is 2.78. The summed E-state index contributed by atoms with van der Waals surface area (Å²) in [5.74, 6) is 0.568. The topological polar surface area (TPSA) is 40.6 Å². The molecule has 2 heterocycles. The third-order valence-electron chi connectivity index (χ3n) is 4.96. The van der Waals surface area contributed by atoms with Gasteiger partial charge >= 0.3 is 0 Å². The Balaban J connectivity index is 1.45. The lowest BCUT2D eigenvalue weighted by Gasteiger charge is -2.29. The molecule has 0 bridgehead atoms. The number of carbonyl (C=O) groups excluding carboxylic acids is 2. The molecule has 3 rings (SSSR count). The lowest BCUT2D eigenvalue weighted by molar-refractivity contribution is 0.0650. The van der Waals surface area contributed by atoms with E-state index in [-0.39, 0.29) is 11.8 Å². The highest BCUT2D eigenvalue weighted by Gasteiger charge is 2.34. The van der Waals surface area contributed by atoms with E-state index in [2.05, 4.69) is 11.9 Å². The molecule has 2 amide bonds. The summed E-state index contributed by atoms with van der Waals surface area (Å²) in [7, 11) is 2.18. The van der Waals surface area contributed by atoms with E-state index in [1.54, 1.807) is 12.1 Å². The Morgan fingerprint density at radius 2 is 1.59 bits per heavy atom. The zero-order valence-corrected chi connectivity index (χ0v) is 13.3. The van der Waals surface area contributed by atoms with E-state index >= 15 is 0 Å². The maximum Gasteiger partial charge on any atom is 0.261 e. The van der Waals surface area contributed by atoms with Crippen molar-refractivity contribution in [1.29, 1.82) is 0 Å². The minimum absolute atomic E-state index is 0.125. The van der Waals surface area contributed by atoms with Gasteiger partial charge in [-0.25, -0.2) is 0 Å². The van der Waals surface area contributed by atoms with E-state index in [1.165, 1.54) is 37.3 Å². The molecule has 118 valence electrons. The van der Waals surface area contributed by atoms with Gasteiger partial charge in [0.1, 0.15) is 0 Å². The number of likely N-dealkylation sites (tertiary alicyclic amines) is 1. The SMILES string of the molecule is CN1CCC(CCCCN2C(=O)c3ccccc3C2=O)CC1. The summed E-state index contributed by atoms with van der Waals surface area (Å²) in [6.45, 7) is 2.95. The Labute approximate surface area is 132 Å². The molecule has 0 aliphatic carbocycles. The second-order valence-electron chi connectivity index (χ2n) is 6.55. The zero-order valence-electron chi connectivity index (χ0n) is 13.3. The molecule has 1 fully saturated rings. The molecule has 1 aromatic rings. The van der Waals surface area contributed by atoms with Crippen LogP contribution in [0.5, 0.6) is 0 Å². The number of carbonyl (C=O) groups is 2. The molecule has 0 saturated carbocycles. The van der Waals surface area contributed by atoms with Crippen LogP contribution in [0, 0.1) is 5.92 Å². The summed E-state index contributed by atoms with van der Waals surface area (Å²) in [5.41, 5.74) is 1.12. The quantitative estimate of drug-likeness (QED) is 0.620. The van der Waals surface area contributed by atoms with Crippen LogP contribution < -0.4 is 0 Å². The summed E-state index contributed by atoms with van der Waals surface area (Å²) in [4.78, 5) is 28.3. The molecular formula is C18H24N2O2. The van der Waals surface area contributed by atoms with E-state index in [0.717, 1.165) is 18.8 Å². The van der Waals surface area contributed by atoms with Gasteiger partial charge in [-0.2, -0.15) is 0 Å². The first-order valence-corrected chi connectivity index (χ1v) is 8.30. The minimum atomic E-state index is -0.125. The molecule has 0 radical (unpaired) electrons. The summed E-state index contributed by atoms with van der Waals surface area (Å²) in [6, 6.07) is 7.11. The number of hydrogen-bond donors (Lipinski definition) is 0. The number of imide groups is 1. The first kappa shape index (κ1) is 15.2. The van der Waals surface area contributed by atoms with Gasteiger partial charge in [-0.05, 0) is 57.5 Å². The summed E-state index contributed by atoms with van der Waals surface area (Å²) in [5, 5.41) is 0. The molecule has 2 aliphatic rings. The molecule has 1 aromatic carbocycles. The van der Waals surface area contributed by atoms with Gasteiger partial charge in [-0.1, -0.05) is 25.0 Å². The third kappa shape index (κ3) is 3.07. The first-order chi connectivity index (χ1) is 10.7. The molecule has 0 unspecified atom stereocenters. The smallest absolute Gasteiger partial charge is 0.261 e. The van der Waals surface area contributed by atoms with E-state index in [9.17, 15) is 9.59 Å². The van der Waals surface area contributed by atoms with Gasteiger partial charge in [-0.3, -0.25) is 14.5 Å². The van der Waals surface area contributed by atoms with Crippen molar-refractivity contribution in [2.45, 2.75) is 32.1 Å². The molecular weight excluding hydrogens is 276 g/mol. The second-order valence-corrected chi connectivity index (χ2v) is 6.55. The average molecular weight is 300 g/mol. The maximum absolute atomic E-state index is 12.2. The van der Waals surface area contributed by atoms with Crippen molar-refractivity contribution in [2.24, 2.45) is 5.92 Å². The Morgan fingerprint density at radius 3 is 2.18 bits per heavy atom. The van der Waals surface area contributed by atoms with Gasteiger partial charge in [0.05, 0.1) is 11.1 Å². The van der Waals surface area contributed by atoms with Crippen molar-refractivity contribution in [2.75, 3.05) is 26.7 Å². The van der Waals surface area contributed by atoms with Gasteiger partial charge in [0.15, 0.2) is 0 Å². The third-order valence-corrected chi connectivity index (χ3v) is 4.96. The number of piperidine rings is 1.